The van der Waals surface area contributed by atoms with Crippen molar-refractivity contribution < 1.29 is 0 Å². The highest BCUT2D eigenvalue weighted by molar-refractivity contribution is 14.1. The Kier molecular flexibility index (Phi) is 4.72. The molecule has 0 aliphatic heterocycles. The van der Waals surface area contributed by atoms with E-state index in [0.29, 0.717) is 12.5 Å². The molecule has 1 aromatic heterocycles. The third-order valence-corrected chi connectivity index (χ3v) is 2.72. The van der Waals surface area contributed by atoms with Crippen molar-refractivity contribution in [2.75, 3.05) is 18.4 Å². The first-order chi connectivity index (χ1) is 7.03. The van der Waals surface area contributed by atoms with Crippen LogP contribution in [0.3, 0.4) is 0 Å². The number of hydrogen-bond acceptors (Lipinski definition) is 4. The molecule has 0 saturated carbocycles. The van der Waals surface area contributed by atoms with E-state index < -0.39 is 0 Å². The van der Waals surface area contributed by atoms with Gasteiger partial charge in [0.05, 0.1) is 0 Å². The van der Waals surface area contributed by atoms with Gasteiger partial charge < -0.3 is 11.1 Å². The summed E-state index contributed by atoms with van der Waals surface area (Å²) in [6.45, 7) is 5.91. The summed E-state index contributed by atoms with van der Waals surface area (Å²) in [6.07, 6.45) is 4.59. The molecule has 0 radical (unpaired) electrons. The summed E-state index contributed by atoms with van der Waals surface area (Å²) in [6, 6.07) is 0. The second-order valence-electron chi connectivity index (χ2n) is 4.28. The van der Waals surface area contributed by atoms with Crippen LogP contribution >= 0.6 is 22.6 Å². The molecule has 15 heavy (non-hydrogen) atoms. The molecule has 0 spiro atoms. The molecular formula is C10H17IN4. The summed E-state index contributed by atoms with van der Waals surface area (Å²) in [7, 11) is 0. The van der Waals surface area contributed by atoms with Crippen LogP contribution in [0.25, 0.3) is 0 Å². The van der Waals surface area contributed by atoms with Gasteiger partial charge in [0, 0.05) is 22.5 Å². The maximum atomic E-state index is 5.54. The fourth-order valence-corrected chi connectivity index (χ4v) is 1.48. The van der Waals surface area contributed by atoms with Crippen LogP contribution < -0.4 is 11.1 Å². The molecule has 1 heterocycles. The molecular weight excluding hydrogens is 303 g/mol. The van der Waals surface area contributed by atoms with Gasteiger partial charge in [-0.3, -0.25) is 0 Å². The minimum atomic E-state index is 0.182. The Labute approximate surface area is 104 Å². The molecule has 0 unspecified atom stereocenters. The summed E-state index contributed by atoms with van der Waals surface area (Å²) in [5, 5.41) is 3.22. The Morgan fingerprint density at radius 3 is 2.53 bits per heavy atom. The van der Waals surface area contributed by atoms with Crippen molar-refractivity contribution in [2.24, 2.45) is 11.1 Å². The standard InChI is InChI=1S/C10H17IN4/c1-10(2,3-4-12)7-15-9-13-5-8(11)6-14-9/h5-6H,3-4,7,12H2,1-2H3,(H,13,14,15). The van der Waals surface area contributed by atoms with Gasteiger partial charge in [-0.25, -0.2) is 9.97 Å². The van der Waals surface area contributed by atoms with Crippen LogP contribution in [0.2, 0.25) is 0 Å². The Balaban J connectivity index is 2.46. The van der Waals surface area contributed by atoms with Crippen LogP contribution in [0.1, 0.15) is 20.3 Å². The fourth-order valence-electron chi connectivity index (χ4n) is 1.20. The van der Waals surface area contributed by atoms with Crippen molar-refractivity contribution in [1.29, 1.82) is 0 Å². The predicted molar refractivity (Wildman–Crippen MR) is 70.7 cm³/mol. The zero-order valence-electron chi connectivity index (χ0n) is 9.13. The van der Waals surface area contributed by atoms with Crippen LogP contribution in [0.15, 0.2) is 12.4 Å². The average Bonchev–Trinajstić information content (AvgIpc) is 2.17. The predicted octanol–water partition coefficient (Wildman–Crippen LogP) is 1.87. The molecule has 1 aromatic rings. The molecule has 5 heteroatoms. The maximum Gasteiger partial charge on any atom is 0.222 e. The van der Waals surface area contributed by atoms with Crippen molar-refractivity contribution in [3.8, 4) is 0 Å². The molecule has 0 aliphatic rings. The molecule has 0 aliphatic carbocycles. The normalized spacial score (nSPS) is 11.5. The van der Waals surface area contributed by atoms with Crippen LogP contribution in [0, 0.1) is 8.99 Å². The number of nitrogens with two attached hydrogens (primary N) is 1. The highest BCUT2D eigenvalue weighted by atomic mass is 127. The zero-order chi connectivity index (χ0) is 11.3. The number of nitrogens with zero attached hydrogens (tertiary/aromatic N) is 2. The van der Waals surface area contributed by atoms with Crippen molar-refractivity contribution in [2.45, 2.75) is 20.3 Å². The monoisotopic (exact) mass is 320 g/mol. The van der Waals surface area contributed by atoms with Crippen molar-refractivity contribution in [1.82, 2.24) is 9.97 Å². The number of nitrogens with one attached hydrogen (secondary N) is 1. The van der Waals surface area contributed by atoms with Gasteiger partial charge >= 0.3 is 0 Å². The van der Waals surface area contributed by atoms with Gasteiger partial charge in [-0.1, -0.05) is 13.8 Å². The van der Waals surface area contributed by atoms with Crippen LogP contribution in [0.5, 0.6) is 0 Å². The first kappa shape index (κ1) is 12.6. The maximum absolute atomic E-state index is 5.54. The number of aromatic nitrogens is 2. The summed E-state index contributed by atoms with van der Waals surface area (Å²) in [5.41, 5.74) is 5.73. The number of rotatable bonds is 5. The molecule has 3 N–H and O–H groups in total. The molecule has 0 amide bonds. The lowest BCUT2D eigenvalue weighted by Gasteiger charge is -2.23. The van der Waals surface area contributed by atoms with Gasteiger partial charge in [0.25, 0.3) is 0 Å². The van der Waals surface area contributed by atoms with E-state index in [1.165, 1.54) is 0 Å². The Morgan fingerprint density at radius 1 is 1.40 bits per heavy atom. The first-order valence-corrected chi connectivity index (χ1v) is 6.03. The Morgan fingerprint density at radius 2 is 2.00 bits per heavy atom. The third kappa shape index (κ3) is 4.74. The molecule has 0 saturated heterocycles. The summed E-state index contributed by atoms with van der Waals surface area (Å²) < 4.78 is 1.04. The molecule has 4 nitrogen and oxygen atoms in total. The van der Waals surface area contributed by atoms with E-state index in [1.54, 1.807) is 12.4 Å². The smallest absolute Gasteiger partial charge is 0.222 e. The Bertz CT molecular complexity index is 297. The van der Waals surface area contributed by atoms with Gasteiger partial charge in [0.15, 0.2) is 0 Å². The number of anilines is 1. The van der Waals surface area contributed by atoms with Crippen molar-refractivity contribution in [3.05, 3.63) is 16.0 Å². The number of halogens is 1. The SMILES string of the molecule is CC(C)(CCN)CNc1ncc(I)cn1. The average molecular weight is 320 g/mol. The lowest BCUT2D eigenvalue weighted by atomic mass is 9.89. The van der Waals surface area contributed by atoms with E-state index in [9.17, 15) is 0 Å². The largest absolute Gasteiger partial charge is 0.354 e. The highest BCUT2D eigenvalue weighted by Gasteiger charge is 2.16. The van der Waals surface area contributed by atoms with E-state index in [-0.39, 0.29) is 5.41 Å². The van der Waals surface area contributed by atoms with Crippen molar-refractivity contribution >= 4 is 28.5 Å². The molecule has 0 atom stereocenters. The molecule has 0 fully saturated rings. The molecule has 84 valence electrons. The lowest BCUT2D eigenvalue weighted by molar-refractivity contribution is 0.364. The van der Waals surface area contributed by atoms with Gasteiger partial charge in [-0.05, 0) is 41.0 Å². The minimum Gasteiger partial charge on any atom is -0.354 e. The summed E-state index contributed by atoms with van der Waals surface area (Å²) >= 11 is 2.19. The zero-order valence-corrected chi connectivity index (χ0v) is 11.3. The first-order valence-electron chi connectivity index (χ1n) is 4.95. The van der Waals surface area contributed by atoms with E-state index in [2.05, 4.69) is 51.7 Å². The molecule has 0 aromatic carbocycles. The van der Waals surface area contributed by atoms with Gasteiger partial charge in [0.1, 0.15) is 0 Å². The van der Waals surface area contributed by atoms with Crippen LogP contribution in [0.4, 0.5) is 5.95 Å². The van der Waals surface area contributed by atoms with E-state index in [4.69, 9.17) is 5.73 Å². The second-order valence-corrected chi connectivity index (χ2v) is 5.53. The van der Waals surface area contributed by atoms with E-state index >= 15 is 0 Å². The summed E-state index contributed by atoms with van der Waals surface area (Å²) in [4.78, 5) is 8.36. The van der Waals surface area contributed by atoms with Gasteiger partial charge in [-0.2, -0.15) is 0 Å². The minimum absolute atomic E-state index is 0.182. The quantitative estimate of drug-likeness (QED) is 0.813. The number of hydrogen-bond donors (Lipinski definition) is 2. The van der Waals surface area contributed by atoms with E-state index in [1.807, 2.05) is 0 Å². The third-order valence-electron chi connectivity index (χ3n) is 2.17. The highest BCUT2D eigenvalue weighted by Crippen LogP contribution is 2.19. The molecule has 1 rings (SSSR count). The van der Waals surface area contributed by atoms with Crippen LogP contribution in [-0.4, -0.2) is 23.1 Å². The van der Waals surface area contributed by atoms with Crippen molar-refractivity contribution in [3.63, 3.8) is 0 Å². The second kappa shape index (κ2) is 5.60. The summed E-state index contributed by atoms with van der Waals surface area (Å²) in [5.74, 6) is 0.681. The van der Waals surface area contributed by atoms with Crippen LogP contribution in [-0.2, 0) is 0 Å². The molecule has 0 bridgehead atoms. The van der Waals surface area contributed by atoms with Gasteiger partial charge in [-0.15, -0.1) is 0 Å². The lowest BCUT2D eigenvalue weighted by Crippen LogP contribution is -2.26. The van der Waals surface area contributed by atoms with Gasteiger partial charge in [0.2, 0.25) is 5.95 Å². The van der Waals surface area contributed by atoms with E-state index in [0.717, 1.165) is 16.5 Å². The topological polar surface area (TPSA) is 63.8 Å². The fraction of sp³-hybridized carbons (Fsp3) is 0.600. The Hall–Kier alpha value is -0.430.